The summed E-state index contributed by atoms with van der Waals surface area (Å²) in [6.45, 7) is 2.95. The molecule has 1 aliphatic heterocycles. The van der Waals surface area contributed by atoms with Crippen molar-refractivity contribution in [3.63, 3.8) is 0 Å². The normalized spacial score (nSPS) is 13.1. The van der Waals surface area contributed by atoms with Crippen molar-refractivity contribution in [2.75, 3.05) is 33.9 Å². The van der Waals surface area contributed by atoms with Crippen LogP contribution in [-0.4, -0.2) is 44.7 Å². The van der Waals surface area contributed by atoms with E-state index in [-0.39, 0.29) is 5.91 Å². The molecule has 0 fully saturated rings. The number of benzene rings is 2. The van der Waals surface area contributed by atoms with Gasteiger partial charge in [-0.2, -0.15) is 0 Å². The Balaban J connectivity index is 1.49. The molecule has 5 nitrogen and oxygen atoms in total. The Kier molecular flexibility index (Phi) is 6.35. The lowest BCUT2D eigenvalue weighted by Gasteiger charge is -2.26. The van der Waals surface area contributed by atoms with Crippen LogP contribution in [0.3, 0.4) is 0 Å². The van der Waals surface area contributed by atoms with Gasteiger partial charge in [-0.25, -0.2) is 0 Å². The van der Waals surface area contributed by atoms with Crippen LogP contribution in [-0.2, 0) is 13.0 Å². The van der Waals surface area contributed by atoms with Gasteiger partial charge >= 0.3 is 0 Å². The zero-order chi connectivity index (χ0) is 19.1. The Labute approximate surface area is 160 Å². The van der Waals surface area contributed by atoms with E-state index in [1.807, 2.05) is 0 Å². The number of methoxy groups -OCH3 is 2. The molecule has 0 spiro atoms. The average Bonchev–Trinajstić information content (AvgIpc) is 2.72. The predicted octanol–water partition coefficient (Wildman–Crippen LogP) is 2.50. The highest BCUT2D eigenvalue weighted by Gasteiger charge is 2.14. The number of fused-ring (bicyclic) bond motifs is 1. The van der Waals surface area contributed by atoms with Gasteiger partial charge in [-0.05, 0) is 29.7 Å². The van der Waals surface area contributed by atoms with Crippen molar-refractivity contribution < 1.29 is 14.3 Å². The molecule has 2 aromatic rings. The van der Waals surface area contributed by atoms with Gasteiger partial charge in [0.1, 0.15) is 11.5 Å². The van der Waals surface area contributed by atoms with E-state index >= 15 is 0 Å². The molecule has 0 saturated heterocycles. The van der Waals surface area contributed by atoms with Gasteiger partial charge in [0.25, 0.3) is 5.91 Å². The topological polar surface area (TPSA) is 50.8 Å². The lowest BCUT2D eigenvalue weighted by molar-refractivity contribution is 0.0955. The third-order valence-electron chi connectivity index (χ3n) is 4.63. The summed E-state index contributed by atoms with van der Waals surface area (Å²) in [5, 5.41) is 2.81. The van der Waals surface area contributed by atoms with Crippen LogP contribution < -0.4 is 14.8 Å². The molecular weight excluding hydrogens is 340 g/mol. The Hall–Kier alpha value is -2.97. The predicted molar refractivity (Wildman–Crippen MR) is 105 cm³/mol. The van der Waals surface area contributed by atoms with Crippen molar-refractivity contribution in [2.45, 2.75) is 13.0 Å². The summed E-state index contributed by atoms with van der Waals surface area (Å²) in [5.74, 6) is 7.09. The average molecular weight is 364 g/mol. The van der Waals surface area contributed by atoms with Gasteiger partial charge in [0.15, 0.2) is 0 Å². The van der Waals surface area contributed by atoms with Crippen LogP contribution in [0.15, 0.2) is 42.5 Å². The SMILES string of the molecule is COc1ccc(C(=O)NCC#CCN2CCc3ccccc3C2)c(OC)c1. The maximum Gasteiger partial charge on any atom is 0.255 e. The van der Waals surface area contributed by atoms with E-state index in [2.05, 4.69) is 46.3 Å². The van der Waals surface area contributed by atoms with Crippen LogP contribution in [0.4, 0.5) is 0 Å². The maximum atomic E-state index is 12.3. The van der Waals surface area contributed by atoms with E-state index in [4.69, 9.17) is 9.47 Å². The molecule has 1 heterocycles. The molecule has 3 rings (SSSR count). The van der Waals surface area contributed by atoms with Gasteiger partial charge in [0.2, 0.25) is 0 Å². The van der Waals surface area contributed by atoms with E-state index in [9.17, 15) is 4.79 Å². The van der Waals surface area contributed by atoms with Gasteiger partial charge in [0, 0.05) is 19.2 Å². The second kappa shape index (κ2) is 9.11. The van der Waals surface area contributed by atoms with Gasteiger partial charge in [-0.3, -0.25) is 9.69 Å². The molecule has 1 amide bonds. The Morgan fingerprint density at radius 2 is 1.93 bits per heavy atom. The monoisotopic (exact) mass is 364 g/mol. The number of ether oxygens (including phenoxy) is 2. The molecule has 2 aromatic carbocycles. The smallest absolute Gasteiger partial charge is 0.255 e. The first-order valence-corrected chi connectivity index (χ1v) is 8.96. The molecule has 0 bridgehead atoms. The zero-order valence-corrected chi connectivity index (χ0v) is 15.7. The van der Waals surface area contributed by atoms with Crippen LogP contribution in [0.2, 0.25) is 0 Å². The van der Waals surface area contributed by atoms with Crippen LogP contribution in [0.5, 0.6) is 11.5 Å². The first-order chi connectivity index (χ1) is 13.2. The minimum atomic E-state index is -0.212. The quantitative estimate of drug-likeness (QED) is 0.829. The molecule has 0 radical (unpaired) electrons. The van der Waals surface area contributed by atoms with Crippen molar-refractivity contribution >= 4 is 5.91 Å². The van der Waals surface area contributed by atoms with Crippen molar-refractivity contribution in [1.29, 1.82) is 0 Å². The van der Waals surface area contributed by atoms with E-state index in [1.54, 1.807) is 25.3 Å². The fraction of sp³-hybridized carbons (Fsp3) is 0.318. The van der Waals surface area contributed by atoms with Crippen LogP contribution in [0.1, 0.15) is 21.5 Å². The van der Waals surface area contributed by atoms with E-state index < -0.39 is 0 Å². The zero-order valence-electron chi connectivity index (χ0n) is 15.7. The number of nitrogens with one attached hydrogen (secondary N) is 1. The molecule has 1 aliphatic rings. The largest absolute Gasteiger partial charge is 0.497 e. The fourth-order valence-corrected chi connectivity index (χ4v) is 3.13. The summed E-state index contributed by atoms with van der Waals surface area (Å²) < 4.78 is 10.4. The van der Waals surface area contributed by atoms with E-state index in [0.29, 0.717) is 30.2 Å². The van der Waals surface area contributed by atoms with Crippen molar-refractivity contribution in [3.05, 3.63) is 59.2 Å². The van der Waals surface area contributed by atoms with Gasteiger partial charge < -0.3 is 14.8 Å². The van der Waals surface area contributed by atoms with Crippen molar-refractivity contribution in [1.82, 2.24) is 10.2 Å². The summed E-state index contributed by atoms with van der Waals surface area (Å²) in [5.41, 5.74) is 3.28. The second-order valence-corrected chi connectivity index (χ2v) is 6.33. The van der Waals surface area contributed by atoms with Gasteiger partial charge in [0.05, 0.1) is 32.9 Å². The molecule has 0 atom stereocenters. The Morgan fingerprint density at radius 1 is 1.11 bits per heavy atom. The minimum absolute atomic E-state index is 0.212. The minimum Gasteiger partial charge on any atom is -0.497 e. The summed E-state index contributed by atoms with van der Waals surface area (Å²) in [6.07, 6.45) is 1.06. The summed E-state index contributed by atoms with van der Waals surface area (Å²) >= 11 is 0. The molecule has 0 unspecified atom stereocenters. The highest BCUT2D eigenvalue weighted by molar-refractivity contribution is 5.97. The summed E-state index contributed by atoms with van der Waals surface area (Å²) in [4.78, 5) is 14.6. The van der Waals surface area contributed by atoms with Gasteiger partial charge in [-0.15, -0.1) is 0 Å². The van der Waals surface area contributed by atoms with Crippen molar-refractivity contribution in [3.8, 4) is 23.3 Å². The molecular formula is C22H24N2O3. The second-order valence-electron chi connectivity index (χ2n) is 6.33. The fourth-order valence-electron chi connectivity index (χ4n) is 3.13. The molecule has 27 heavy (non-hydrogen) atoms. The molecule has 0 aliphatic carbocycles. The number of carbonyl (C=O) groups is 1. The highest BCUT2D eigenvalue weighted by Crippen LogP contribution is 2.24. The van der Waals surface area contributed by atoms with Crippen LogP contribution in [0, 0.1) is 11.8 Å². The Bertz CT molecular complexity index is 867. The third kappa shape index (κ3) is 4.81. The number of carbonyl (C=O) groups excluding carboxylic acids is 1. The first kappa shape index (κ1) is 18.8. The number of rotatable bonds is 5. The van der Waals surface area contributed by atoms with E-state index in [1.165, 1.54) is 18.2 Å². The highest BCUT2D eigenvalue weighted by atomic mass is 16.5. The van der Waals surface area contributed by atoms with Crippen molar-refractivity contribution in [2.24, 2.45) is 0 Å². The number of nitrogens with zero attached hydrogens (tertiary/aromatic N) is 1. The lowest BCUT2D eigenvalue weighted by Crippen LogP contribution is -2.31. The standard InChI is InChI=1S/C22H24N2O3/c1-26-19-9-10-20(21(15-19)27-2)22(25)23-12-5-6-13-24-14-11-17-7-3-4-8-18(17)16-24/h3-4,7-10,15H,11-14,16H2,1-2H3,(H,23,25). The molecule has 140 valence electrons. The number of hydrogen-bond acceptors (Lipinski definition) is 4. The Morgan fingerprint density at radius 3 is 2.70 bits per heavy atom. The maximum absolute atomic E-state index is 12.3. The molecule has 0 saturated carbocycles. The lowest BCUT2D eigenvalue weighted by atomic mass is 10.0. The molecule has 5 heteroatoms. The van der Waals surface area contributed by atoms with E-state index in [0.717, 1.165) is 19.5 Å². The number of hydrogen-bond donors (Lipinski definition) is 1. The summed E-state index contributed by atoms with van der Waals surface area (Å²) in [6, 6.07) is 13.7. The molecule has 1 N–H and O–H groups in total. The molecule has 0 aromatic heterocycles. The third-order valence-corrected chi connectivity index (χ3v) is 4.63. The van der Waals surface area contributed by atoms with Crippen LogP contribution in [0.25, 0.3) is 0 Å². The van der Waals surface area contributed by atoms with Gasteiger partial charge in [-0.1, -0.05) is 36.1 Å². The summed E-state index contributed by atoms with van der Waals surface area (Å²) in [7, 11) is 3.10. The number of amides is 1. The first-order valence-electron chi connectivity index (χ1n) is 8.96. The van der Waals surface area contributed by atoms with Crippen LogP contribution >= 0.6 is 0 Å².